The monoisotopic (exact) mass is 279 g/mol. The van der Waals surface area contributed by atoms with Crippen LogP contribution in [0.3, 0.4) is 0 Å². The first kappa shape index (κ1) is 16.1. The van der Waals surface area contributed by atoms with Crippen LogP contribution in [0.15, 0.2) is 18.2 Å². The molecular formula is C15H21NO4. The number of benzene rings is 1. The Morgan fingerprint density at radius 1 is 1.25 bits per heavy atom. The Kier molecular flexibility index (Phi) is 6.70. The third-order valence-corrected chi connectivity index (χ3v) is 3.24. The summed E-state index contributed by atoms with van der Waals surface area (Å²) in [5.74, 6) is -0.283. The molecule has 0 aliphatic rings. The van der Waals surface area contributed by atoms with Crippen molar-refractivity contribution in [1.82, 2.24) is 0 Å². The molecule has 0 aliphatic heterocycles. The number of nitro groups is 1. The molecule has 110 valence electrons. The van der Waals surface area contributed by atoms with Crippen molar-refractivity contribution in [3.63, 3.8) is 0 Å². The van der Waals surface area contributed by atoms with Gasteiger partial charge in [0.25, 0.3) is 5.69 Å². The number of ether oxygens (including phenoxy) is 1. The average Bonchev–Trinajstić information content (AvgIpc) is 2.44. The molecule has 0 aliphatic carbocycles. The Balaban J connectivity index is 2.83. The molecule has 0 saturated carbocycles. The minimum absolute atomic E-state index is 0.214. The lowest BCUT2D eigenvalue weighted by atomic mass is 9.99. The number of methoxy groups -OCH3 is 1. The number of para-hydroxylation sites is 1. The van der Waals surface area contributed by atoms with Crippen LogP contribution in [-0.4, -0.2) is 18.0 Å². The van der Waals surface area contributed by atoms with Crippen LogP contribution >= 0.6 is 0 Å². The molecule has 0 heterocycles. The summed E-state index contributed by atoms with van der Waals surface area (Å²) >= 11 is 0. The van der Waals surface area contributed by atoms with Gasteiger partial charge in [-0.05, 0) is 25.7 Å². The van der Waals surface area contributed by atoms with Crippen LogP contribution in [0.4, 0.5) is 5.69 Å². The smallest absolute Gasteiger partial charge is 0.305 e. The fourth-order valence-corrected chi connectivity index (χ4v) is 2.17. The lowest BCUT2D eigenvalue weighted by Crippen LogP contribution is -2.04. The number of unbranched alkanes of at least 4 members (excludes halogenated alkanes) is 1. The molecule has 0 bridgehead atoms. The fourth-order valence-electron chi connectivity index (χ4n) is 2.17. The highest BCUT2D eigenvalue weighted by Gasteiger charge is 2.18. The molecule has 1 aromatic carbocycles. The van der Waals surface area contributed by atoms with Gasteiger partial charge in [-0.2, -0.15) is 0 Å². The van der Waals surface area contributed by atoms with Gasteiger partial charge in [0.05, 0.1) is 12.0 Å². The predicted molar refractivity (Wildman–Crippen MR) is 76.7 cm³/mol. The van der Waals surface area contributed by atoms with E-state index >= 15 is 0 Å². The molecule has 0 atom stereocenters. The van der Waals surface area contributed by atoms with Crippen LogP contribution in [0.2, 0.25) is 0 Å². The van der Waals surface area contributed by atoms with E-state index in [-0.39, 0.29) is 23.0 Å². The lowest BCUT2D eigenvalue weighted by Gasteiger charge is -2.07. The van der Waals surface area contributed by atoms with E-state index in [2.05, 4.69) is 11.7 Å². The van der Waals surface area contributed by atoms with Gasteiger partial charge in [-0.3, -0.25) is 14.9 Å². The Labute approximate surface area is 119 Å². The van der Waals surface area contributed by atoms with Crippen LogP contribution in [0.5, 0.6) is 0 Å². The molecule has 0 spiro atoms. The fraction of sp³-hybridized carbons (Fsp3) is 0.533. The predicted octanol–water partition coefficient (Wildman–Crippen LogP) is 3.43. The molecule has 0 N–H and O–H groups in total. The number of aryl methyl sites for hydroxylation is 2. The molecule has 5 heteroatoms. The highest BCUT2D eigenvalue weighted by molar-refractivity contribution is 5.69. The largest absolute Gasteiger partial charge is 0.469 e. The number of rotatable bonds is 8. The van der Waals surface area contributed by atoms with Crippen molar-refractivity contribution in [1.29, 1.82) is 0 Å². The van der Waals surface area contributed by atoms with E-state index in [1.807, 2.05) is 12.1 Å². The van der Waals surface area contributed by atoms with Crippen LogP contribution in [0.25, 0.3) is 0 Å². The Hall–Kier alpha value is -1.91. The number of carbonyl (C=O) groups excluding carboxylic acids is 1. The van der Waals surface area contributed by atoms with Crippen molar-refractivity contribution in [2.45, 2.75) is 45.4 Å². The molecule has 0 saturated heterocycles. The number of hydrogen-bond donors (Lipinski definition) is 0. The SMILES string of the molecule is CCCCc1cccc(CCCC(=O)OC)c1[N+](=O)[O-]. The molecule has 0 aromatic heterocycles. The molecule has 0 unspecified atom stereocenters. The molecule has 0 amide bonds. The first-order valence-electron chi connectivity index (χ1n) is 6.92. The summed E-state index contributed by atoms with van der Waals surface area (Å²) in [5, 5.41) is 11.3. The maximum absolute atomic E-state index is 11.3. The van der Waals surface area contributed by atoms with Crippen LogP contribution in [-0.2, 0) is 22.4 Å². The molecule has 0 fully saturated rings. The zero-order valence-electron chi connectivity index (χ0n) is 12.1. The maximum atomic E-state index is 11.3. The van der Waals surface area contributed by atoms with Crippen molar-refractivity contribution >= 4 is 11.7 Å². The molecule has 1 rings (SSSR count). The van der Waals surface area contributed by atoms with E-state index in [1.165, 1.54) is 7.11 Å². The highest BCUT2D eigenvalue weighted by Crippen LogP contribution is 2.26. The van der Waals surface area contributed by atoms with Gasteiger partial charge in [-0.25, -0.2) is 0 Å². The summed E-state index contributed by atoms with van der Waals surface area (Å²) < 4.78 is 4.57. The number of nitro benzene ring substituents is 1. The average molecular weight is 279 g/mol. The maximum Gasteiger partial charge on any atom is 0.305 e. The van der Waals surface area contributed by atoms with E-state index in [4.69, 9.17) is 0 Å². The molecule has 1 aromatic rings. The van der Waals surface area contributed by atoms with Gasteiger partial charge in [-0.1, -0.05) is 31.5 Å². The first-order chi connectivity index (χ1) is 9.60. The summed E-state index contributed by atoms with van der Waals surface area (Å²) in [6.45, 7) is 2.06. The zero-order valence-corrected chi connectivity index (χ0v) is 12.1. The van der Waals surface area contributed by atoms with Gasteiger partial charge >= 0.3 is 5.97 Å². The van der Waals surface area contributed by atoms with Crippen LogP contribution < -0.4 is 0 Å². The topological polar surface area (TPSA) is 69.4 Å². The molecule has 20 heavy (non-hydrogen) atoms. The van der Waals surface area contributed by atoms with Gasteiger partial charge in [0.1, 0.15) is 0 Å². The third kappa shape index (κ3) is 4.64. The first-order valence-corrected chi connectivity index (χ1v) is 6.92. The minimum atomic E-state index is -0.307. The van der Waals surface area contributed by atoms with Crippen LogP contribution in [0, 0.1) is 10.1 Å². The third-order valence-electron chi connectivity index (χ3n) is 3.24. The van der Waals surface area contributed by atoms with E-state index in [0.717, 1.165) is 24.8 Å². The van der Waals surface area contributed by atoms with Gasteiger partial charge < -0.3 is 4.74 Å². The number of carbonyl (C=O) groups is 1. The van der Waals surface area contributed by atoms with Crippen LogP contribution in [0.1, 0.15) is 43.7 Å². The molecular weight excluding hydrogens is 258 g/mol. The van der Waals surface area contributed by atoms with E-state index < -0.39 is 0 Å². The second-order valence-electron chi connectivity index (χ2n) is 4.72. The standard InChI is InChI=1S/C15H21NO4/c1-3-4-7-12-8-5-9-13(15(12)16(18)19)10-6-11-14(17)20-2/h5,8-9H,3-4,6-7,10-11H2,1-2H3. The van der Waals surface area contributed by atoms with Crippen molar-refractivity contribution in [2.24, 2.45) is 0 Å². The van der Waals surface area contributed by atoms with Crippen molar-refractivity contribution in [2.75, 3.05) is 7.11 Å². The van der Waals surface area contributed by atoms with Gasteiger partial charge in [0, 0.05) is 17.5 Å². The molecule has 0 radical (unpaired) electrons. The Bertz CT molecular complexity index is 471. The normalized spacial score (nSPS) is 10.3. The van der Waals surface area contributed by atoms with E-state index in [9.17, 15) is 14.9 Å². The van der Waals surface area contributed by atoms with Crippen molar-refractivity contribution in [3.05, 3.63) is 39.4 Å². The second-order valence-corrected chi connectivity index (χ2v) is 4.72. The summed E-state index contributed by atoms with van der Waals surface area (Å²) in [6, 6.07) is 5.44. The number of hydrogen-bond acceptors (Lipinski definition) is 4. The summed E-state index contributed by atoms with van der Waals surface area (Å²) in [7, 11) is 1.34. The minimum Gasteiger partial charge on any atom is -0.469 e. The Morgan fingerprint density at radius 2 is 1.85 bits per heavy atom. The van der Waals surface area contributed by atoms with Gasteiger partial charge in [0.2, 0.25) is 0 Å². The van der Waals surface area contributed by atoms with E-state index in [1.54, 1.807) is 6.07 Å². The summed E-state index contributed by atoms with van der Waals surface area (Å²) in [6.07, 6.45) is 4.02. The van der Waals surface area contributed by atoms with E-state index in [0.29, 0.717) is 18.4 Å². The van der Waals surface area contributed by atoms with Crippen molar-refractivity contribution in [3.8, 4) is 0 Å². The number of esters is 1. The zero-order chi connectivity index (χ0) is 15.0. The second kappa shape index (κ2) is 8.30. The quantitative estimate of drug-likeness (QED) is 0.415. The lowest BCUT2D eigenvalue weighted by molar-refractivity contribution is -0.386. The van der Waals surface area contributed by atoms with Crippen molar-refractivity contribution < 1.29 is 14.5 Å². The summed E-state index contributed by atoms with van der Waals surface area (Å²) in [4.78, 5) is 22.0. The molecule has 5 nitrogen and oxygen atoms in total. The highest BCUT2D eigenvalue weighted by atomic mass is 16.6. The van der Waals surface area contributed by atoms with Gasteiger partial charge in [0.15, 0.2) is 0 Å². The Morgan fingerprint density at radius 3 is 2.35 bits per heavy atom. The summed E-state index contributed by atoms with van der Waals surface area (Å²) in [5.41, 5.74) is 1.70. The number of nitrogens with zero attached hydrogens (tertiary/aromatic N) is 1. The van der Waals surface area contributed by atoms with Gasteiger partial charge in [-0.15, -0.1) is 0 Å².